The lowest BCUT2D eigenvalue weighted by molar-refractivity contribution is -0.118. The minimum Gasteiger partial charge on any atom is -0.484 e. The number of hydrogen-bond donors (Lipinski definition) is 1. The third-order valence-corrected chi connectivity index (χ3v) is 4.53. The van der Waals surface area contributed by atoms with E-state index >= 15 is 0 Å². The Balaban J connectivity index is 1.61. The molecule has 3 aromatic rings. The molecule has 0 atom stereocenters. The standard InChI is InChI=1S/C20H14BrClN2O3/c21-18-8-5-14(22)10-17(18)20(26)13-3-6-16(7-4-13)27-12-19(25)24-15-2-1-9-23-11-15/h1-11H,12H2,(H,24,25). The Bertz CT molecular complexity index is 963. The molecule has 1 heterocycles. The highest BCUT2D eigenvalue weighted by atomic mass is 79.9. The number of hydrogen-bond acceptors (Lipinski definition) is 4. The Morgan fingerprint density at radius 1 is 1.11 bits per heavy atom. The van der Waals surface area contributed by atoms with Crippen LogP contribution in [0.1, 0.15) is 15.9 Å². The van der Waals surface area contributed by atoms with Crippen molar-refractivity contribution in [3.8, 4) is 5.75 Å². The van der Waals surface area contributed by atoms with Crippen LogP contribution in [0, 0.1) is 0 Å². The zero-order valence-electron chi connectivity index (χ0n) is 14.0. The van der Waals surface area contributed by atoms with Crippen LogP contribution in [0.25, 0.3) is 0 Å². The van der Waals surface area contributed by atoms with Gasteiger partial charge in [0.15, 0.2) is 12.4 Å². The Kier molecular flexibility index (Phi) is 6.21. The Labute approximate surface area is 169 Å². The van der Waals surface area contributed by atoms with Gasteiger partial charge in [-0.05, 0) is 54.6 Å². The fourth-order valence-corrected chi connectivity index (χ4v) is 2.91. The molecule has 0 spiro atoms. The summed E-state index contributed by atoms with van der Waals surface area (Å²) >= 11 is 9.33. The molecule has 27 heavy (non-hydrogen) atoms. The molecule has 0 unspecified atom stereocenters. The fraction of sp³-hybridized carbons (Fsp3) is 0.0500. The SMILES string of the molecule is O=C(COc1ccc(C(=O)c2cc(Cl)ccc2Br)cc1)Nc1cccnc1. The highest BCUT2D eigenvalue weighted by molar-refractivity contribution is 9.10. The molecule has 1 amide bonds. The minimum absolute atomic E-state index is 0.151. The van der Waals surface area contributed by atoms with Gasteiger partial charge in [-0.3, -0.25) is 14.6 Å². The van der Waals surface area contributed by atoms with Crippen LogP contribution in [0.15, 0.2) is 71.5 Å². The number of carbonyl (C=O) groups is 2. The molecule has 0 aliphatic rings. The molecule has 2 aromatic carbocycles. The lowest BCUT2D eigenvalue weighted by Gasteiger charge is -2.08. The molecule has 136 valence electrons. The van der Waals surface area contributed by atoms with Crippen molar-refractivity contribution in [3.63, 3.8) is 0 Å². The van der Waals surface area contributed by atoms with Crippen molar-refractivity contribution in [2.24, 2.45) is 0 Å². The van der Waals surface area contributed by atoms with E-state index in [0.717, 1.165) is 0 Å². The molecule has 0 fully saturated rings. The predicted octanol–water partition coefficient (Wildman–Crippen LogP) is 4.75. The van der Waals surface area contributed by atoms with Gasteiger partial charge in [-0.15, -0.1) is 0 Å². The summed E-state index contributed by atoms with van der Waals surface area (Å²) in [7, 11) is 0. The third-order valence-electron chi connectivity index (χ3n) is 3.60. The average molecular weight is 446 g/mol. The van der Waals surface area contributed by atoms with Crippen LogP contribution in [0.2, 0.25) is 5.02 Å². The minimum atomic E-state index is -0.300. The fourth-order valence-electron chi connectivity index (χ4n) is 2.31. The van der Waals surface area contributed by atoms with E-state index in [2.05, 4.69) is 26.2 Å². The van der Waals surface area contributed by atoms with Gasteiger partial charge >= 0.3 is 0 Å². The normalized spacial score (nSPS) is 10.3. The first-order valence-electron chi connectivity index (χ1n) is 7.95. The lowest BCUT2D eigenvalue weighted by Crippen LogP contribution is -2.20. The van der Waals surface area contributed by atoms with Crippen molar-refractivity contribution in [2.45, 2.75) is 0 Å². The predicted molar refractivity (Wildman–Crippen MR) is 107 cm³/mol. The number of nitrogens with one attached hydrogen (secondary N) is 1. The van der Waals surface area contributed by atoms with Gasteiger partial charge in [0.25, 0.3) is 5.91 Å². The zero-order chi connectivity index (χ0) is 19.2. The van der Waals surface area contributed by atoms with E-state index in [0.29, 0.717) is 32.1 Å². The molecule has 3 rings (SSSR count). The van der Waals surface area contributed by atoms with Crippen LogP contribution in [0.5, 0.6) is 5.75 Å². The maximum Gasteiger partial charge on any atom is 0.262 e. The van der Waals surface area contributed by atoms with Crippen molar-refractivity contribution >= 4 is 44.9 Å². The molecule has 1 aromatic heterocycles. The maximum absolute atomic E-state index is 12.6. The van der Waals surface area contributed by atoms with Crippen LogP contribution in [0.3, 0.4) is 0 Å². The number of rotatable bonds is 6. The second-order valence-corrected chi connectivity index (χ2v) is 6.85. The van der Waals surface area contributed by atoms with Gasteiger partial charge in [-0.2, -0.15) is 0 Å². The Hall–Kier alpha value is -2.70. The highest BCUT2D eigenvalue weighted by Crippen LogP contribution is 2.24. The summed E-state index contributed by atoms with van der Waals surface area (Å²) in [5, 5.41) is 3.16. The molecule has 0 radical (unpaired) electrons. The van der Waals surface area contributed by atoms with Crippen LogP contribution < -0.4 is 10.1 Å². The van der Waals surface area contributed by atoms with E-state index in [1.54, 1.807) is 67.0 Å². The first kappa shape index (κ1) is 19.1. The molecule has 0 aliphatic heterocycles. The molecule has 0 bridgehead atoms. The Morgan fingerprint density at radius 3 is 2.59 bits per heavy atom. The van der Waals surface area contributed by atoms with E-state index in [1.165, 1.54) is 0 Å². The van der Waals surface area contributed by atoms with Gasteiger partial charge in [-0.25, -0.2) is 0 Å². The molecule has 5 nitrogen and oxygen atoms in total. The van der Waals surface area contributed by atoms with Crippen molar-refractivity contribution in [1.82, 2.24) is 4.98 Å². The summed E-state index contributed by atoms with van der Waals surface area (Å²) in [6, 6.07) is 15.1. The number of ether oxygens (including phenoxy) is 1. The summed E-state index contributed by atoms with van der Waals surface area (Å²) < 4.78 is 6.12. The van der Waals surface area contributed by atoms with Gasteiger partial charge in [0, 0.05) is 26.8 Å². The molecule has 1 N–H and O–H groups in total. The summed E-state index contributed by atoms with van der Waals surface area (Å²) in [6.07, 6.45) is 3.17. The Morgan fingerprint density at radius 2 is 1.89 bits per heavy atom. The molecular formula is C20H14BrClN2O3. The van der Waals surface area contributed by atoms with Gasteiger partial charge in [-0.1, -0.05) is 27.5 Å². The van der Waals surface area contributed by atoms with Crippen LogP contribution >= 0.6 is 27.5 Å². The number of aromatic nitrogens is 1. The number of nitrogens with zero attached hydrogens (tertiary/aromatic N) is 1. The lowest BCUT2D eigenvalue weighted by atomic mass is 10.0. The maximum atomic E-state index is 12.6. The van der Waals surface area contributed by atoms with Gasteiger partial charge in [0.1, 0.15) is 5.75 Å². The summed E-state index contributed by atoms with van der Waals surface area (Å²) in [5.74, 6) is 0.0225. The molecular weight excluding hydrogens is 432 g/mol. The molecule has 0 aliphatic carbocycles. The first-order chi connectivity index (χ1) is 13.0. The van der Waals surface area contributed by atoms with Crippen LogP contribution in [-0.2, 0) is 4.79 Å². The zero-order valence-corrected chi connectivity index (χ0v) is 16.3. The monoisotopic (exact) mass is 444 g/mol. The average Bonchev–Trinajstić information content (AvgIpc) is 2.69. The van der Waals surface area contributed by atoms with Crippen LogP contribution in [0.4, 0.5) is 5.69 Å². The van der Waals surface area contributed by atoms with E-state index in [4.69, 9.17) is 16.3 Å². The smallest absolute Gasteiger partial charge is 0.262 e. The number of pyridine rings is 1. The quantitative estimate of drug-likeness (QED) is 0.556. The van der Waals surface area contributed by atoms with E-state index < -0.39 is 0 Å². The van der Waals surface area contributed by atoms with Gasteiger partial charge in [0.2, 0.25) is 0 Å². The molecule has 7 heteroatoms. The number of benzene rings is 2. The molecule has 0 saturated carbocycles. The van der Waals surface area contributed by atoms with E-state index in [9.17, 15) is 9.59 Å². The summed E-state index contributed by atoms with van der Waals surface area (Å²) in [6.45, 7) is -0.151. The summed E-state index contributed by atoms with van der Waals surface area (Å²) in [5.41, 5.74) is 1.57. The van der Waals surface area contributed by atoms with Crippen LogP contribution in [-0.4, -0.2) is 23.3 Å². The first-order valence-corrected chi connectivity index (χ1v) is 9.12. The van der Waals surface area contributed by atoms with Gasteiger partial charge < -0.3 is 10.1 Å². The van der Waals surface area contributed by atoms with E-state index in [1.807, 2.05) is 0 Å². The number of anilines is 1. The van der Waals surface area contributed by atoms with Gasteiger partial charge in [0.05, 0.1) is 11.9 Å². The topological polar surface area (TPSA) is 68.3 Å². The highest BCUT2D eigenvalue weighted by Gasteiger charge is 2.13. The van der Waals surface area contributed by atoms with Crippen molar-refractivity contribution in [3.05, 3.63) is 87.6 Å². The number of ketones is 1. The number of halogens is 2. The number of carbonyl (C=O) groups excluding carboxylic acids is 2. The van der Waals surface area contributed by atoms with E-state index in [-0.39, 0.29) is 18.3 Å². The van der Waals surface area contributed by atoms with Crippen molar-refractivity contribution in [1.29, 1.82) is 0 Å². The second kappa shape index (κ2) is 8.79. The third kappa shape index (κ3) is 5.15. The molecule has 0 saturated heterocycles. The van der Waals surface area contributed by atoms with Crippen molar-refractivity contribution in [2.75, 3.05) is 11.9 Å². The second-order valence-electron chi connectivity index (χ2n) is 5.56. The van der Waals surface area contributed by atoms with Crippen molar-refractivity contribution < 1.29 is 14.3 Å². The largest absolute Gasteiger partial charge is 0.484 e. The number of amides is 1. The summed E-state index contributed by atoms with van der Waals surface area (Å²) in [4.78, 5) is 28.4.